The van der Waals surface area contributed by atoms with Crippen molar-refractivity contribution in [1.29, 1.82) is 0 Å². The van der Waals surface area contributed by atoms with Crippen LogP contribution in [0.15, 0.2) is 73.1 Å². The fraction of sp³-hybridized carbons (Fsp3) is 0.208. The van der Waals surface area contributed by atoms with Gasteiger partial charge in [-0.25, -0.2) is 14.1 Å². The molecule has 1 aliphatic heterocycles. The lowest BCUT2D eigenvalue weighted by molar-refractivity contribution is -0.124. The molecule has 0 bridgehead atoms. The molecule has 4 aromatic rings. The first-order valence-corrected chi connectivity index (χ1v) is 9.92. The van der Waals surface area contributed by atoms with Gasteiger partial charge in [0.1, 0.15) is 11.6 Å². The number of pyridine rings is 1. The Hall–Kier alpha value is -3.54. The first-order valence-electron chi connectivity index (χ1n) is 9.92. The summed E-state index contributed by atoms with van der Waals surface area (Å²) in [4.78, 5) is 19.7. The van der Waals surface area contributed by atoms with Crippen LogP contribution in [0.1, 0.15) is 31.9 Å². The zero-order chi connectivity index (χ0) is 20.9. The smallest absolute Gasteiger partial charge is 0.234 e. The van der Waals surface area contributed by atoms with Gasteiger partial charge in [-0.1, -0.05) is 44.2 Å². The third-order valence-electron chi connectivity index (χ3n) is 5.76. The maximum Gasteiger partial charge on any atom is 0.234 e. The SMILES string of the molecule is CC1(C)C[C@@H](c2ccccc2)N(c2cc3cnn(-c4ccc(F)cc4)c3cn2)C1=O. The predicted octanol–water partition coefficient (Wildman–Crippen LogP) is 5.06. The van der Waals surface area contributed by atoms with Crippen LogP contribution in [0.4, 0.5) is 10.2 Å². The minimum Gasteiger partial charge on any atom is -0.289 e. The molecule has 5 rings (SSSR count). The molecule has 0 N–H and O–H groups in total. The van der Waals surface area contributed by atoms with Gasteiger partial charge < -0.3 is 0 Å². The Labute approximate surface area is 173 Å². The standard InChI is InChI=1S/C24H21FN4O/c1-24(2)13-20(16-6-4-3-5-7-16)28(23(24)30)22-12-17-14-27-29(21(17)15-26-22)19-10-8-18(25)9-11-19/h3-12,14-15,20H,13H2,1-2H3/t20-/m0/s1. The Morgan fingerprint density at radius 1 is 1.03 bits per heavy atom. The second-order valence-electron chi connectivity index (χ2n) is 8.32. The van der Waals surface area contributed by atoms with E-state index in [1.165, 1.54) is 12.1 Å². The molecule has 0 spiro atoms. The summed E-state index contributed by atoms with van der Waals surface area (Å²) in [7, 11) is 0. The van der Waals surface area contributed by atoms with Crippen molar-refractivity contribution >= 4 is 22.6 Å². The van der Waals surface area contributed by atoms with Crippen LogP contribution in [0, 0.1) is 11.2 Å². The monoisotopic (exact) mass is 400 g/mol. The molecular formula is C24H21FN4O. The van der Waals surface area contributed by atoms with Crippen LogP contribution in [0.5, 0.6) is 0 Å². The summed E-state index contributed by atoms with van der Waals surface area (Å²) in [5.41, 5.74) is 2.18. The zero-order valence-electron chi connectivity index (χ0n) is 16.8. The second-order valence-corrected chi connectivity index (χ2v) is 8.32. The van der Waals surface area contributed by atoms with Crippen molar-refractivity contribution in [3.8, 4) is 5.69 Å². The number of carbonyl (C=O) groups excluding carboxylic acids is 1. The third-order valence-corrected chi connectivity index (χ3v) is 5.76. The van der Waals surface area contributed by atoms with Crippen LogP contribution in [-0.2, 0) is 4.79 Å². The normalized spacial score (nSPS) is 18.3. The van der Waals surface area contributed by atoms with E-state index in [9.17, 15) is 9.18 Å². The molecule has 1 saturated heterocycles. The minimum absolute atomic E-state index is 0.0640. The lowest BCUT2D eigenvalue weighted by Gasteiger charge is -2.24. The number of amides is 1. The average Bonchev–Trinajstić information content (AvgIpc) is 3.27. The number of hydrogen-bond acceptors (Lipinski definition) is 3. The number of benzene rings is 2. The van der Waals surface area contributed by atoms with Gasteiger partial charge in [0.2, 0.25) is 5.91 Å². The van der Waals surface area contributed by atoms with Crippen molar-refractivity contribution < 1.29 is 9.18 Å². The van der Waals surface area contributed by atoms with E-state index >= 15 is 0 Å². The van der Waals surface area contributed by atoms with E-state index in [0.717, 1.165) is 28.6 Å². The van der Waals surface area contributed by atoms with Gasteiger partial charge >= 0.3 is 0 Å². The molecule has 150 valence electrons. The van der Waals surface area contributed by atoms with Crippen LogP contribution in [-0.4, -0.2) is 20.7 Å². The highest BCUT2D eigenvalue weighted by Crippen LogP contribution is 2.45. The molecule has 0 saturated carbocycles. The number of aromatic nitrogens is 3. The molecule has 0 radical (unpaired) electrons. The van der Waals surface area contributed by atoms with E-state index in [1.807, 2.05) is 43.0 Å². The largest absolute Gasteiger partial charge is 0.289 e. The molecule has 0 aliphatic carbocycles. The van der Waals surface area contributed by atoms with Gasteiger partial charge in [-0.2, -0.15) is 5.10 Å². The summed E-state index contributed by atoms with van der Waals surface area (Å²) in [5, 5.41) is 5.31. The number of rotatable bonds is 3. The molecule has 1 aliphatic rings. The molecule has 1 atom stereocenters. The summed E-state index contributed by atoms with van der Waals surface area (Å²) < 4.78 is 15.0. The summed E-state index contributed by atoms with van der Waals surface area (Å²) in [6.45, 7) is 3.97. The van der Waals surface area contributed by atoms with Crippen molar-refractivity contribution in [3.05, 3.63) is 84.4 Å². The molecule has 2 aromatic carbocycles. The first-order chi connectivity index (χ1) is 14.4. The molecule has 3 heterocycles. The lowest BCUT2D eigenvalue weighted by atomic mass is 9.88. The van der Waals surface area contributed by atoms with Crippen molar-refractivity contribution in [2.75, 3.05) is 4.90 Å². The van der Waals surface area contributed by atoms with Crippen LogP contribution >= 0.6 is 0 Å². The summed E-state index contributed by atoms with van der Waals surface area (Å²) in [5.74, 6) is 0.387. The molecule has 2 aromatic heterocycles. The van der Waals surface area contributed by atoms with Gasteiger partial charge in [0.25, 0.3) is 0 Å². The van der Waals surface area contributed by atoms with Gasteiger partial charge in [0.15, 0.2) is 0 Å². The lowest BCUT2D eigenvalue weighted by Crippen LogP contribution is -2.32. The first kappa shape index (κ1) is 18.5. The Bertz CT molecular complexity index is 1230. The van der Waals surface area contributed by atoms with Crippen molar-refractivity contribution in [2.24, 2.45) is 5.41 Å². The van der Waals surface area contributed by atoms with Gasteiger partial charge in [-0.15, -0.1) is 0 Å². The number of carbonyl (C=O) groups is 1. The Kier molecular flexibility index (Phi) is 4.17. The summed E-state index contributed by atoms with van der Waals surface area (Å²) >= 11 is 0. The Morgan fingerprint density at radius 3 is 2.50 bits per heavy atom. The number of fused-ring (bicyclic) bond motifs is 1. The van der Waals surface area contributed by atoms with Gasteiger partial charge in [0.05, 0.1) is 29.6 Å². The molecule has 30 heavy (non-hydrogen) atoms. The minimum atomic E-state index is -0.463. The molecule has 1 fully saturated rings. The second kappa shape index (κ2) is 6.76. The zero-order valence-corrected chi connectivity index (χ0v) is 16.8. The molecule has 1 amide bonds. The topological polar surface area (TPSA) is 51.0 Å². The maximum absolute atomic E-state index is 13.3. The van der Waals surface area contributed by atoms with E-state index < -0.39 is 5.41 Å². The summed E-state index contributed by atoms with van der Waals surface area (Å²) in [6.07, 6.45) is 4.19. The van der Waals surface area contributed by atoms with Crippen molar-refractivity contribution in [3.63, 3.8) is 0 Å². The van der Waals surface area contributed by atoms with Crippen LogP contribution < -0.4 is 4.90 Å². The number of nitrogens with zero attached hydrogens (tertiary/aromatic N) is 4. The average molecular weight is 400 g/mol. The van der Waals surface area contributed by atoms with Crippen molar-refractivity contribution in [2.45, 2.75) is 26.3 Å². The van der Waals surface area contributed by atoms with Gasteiger partial charge in [0, 0.05) is 10.8 Å². The van der Waals surface area contributed by atoms with E-state index in [1.54, 1.807) is 29.2 Å². The molecular weight excluding hydrogens is 379 g/mol. The van der Waals surface area contributed by atoms with Gasteiger partial charge in [-0.05, 0) is 42.3 Å². The summed E-state index contributed by atoms with van der Waals surface area (Å²) in [6, 6.07) is 18.1. The van der Waals surface area contributed by atoms with Crippen LogP contribution in [0.2, 0.25) is 0 Å². The Balaban J connectivity index is 1.58. The number of hydrogen-bond donors (Lipinski definition) is 0. The molecule has 6 heteroatoms. The van der Waals surface area contributed by atoms with E-state index in [2.05, 4.69) is 22.2 Å². The fourth-order valence-electron chi connectivity index (χ4n) is 4.17. The van der Waals surface area contributed by atoms with Crippen LogP contribution in [0.25, 0.3) is 16.6 Å². The van der Waals surface area contributed by atoms with Crippen LogP contribution in [0.3, 0.4) is 0 Å². The van der Waals surface area contributed by atoms with E-state index in [0.29, 0.717) is 5.82 Å². The van der Waals surface area contributed by atoms with E-state index in [-0.39, 0.29) is 17.8 Å². The Morgan fingerprint density at radius 2 is 1.77 bits per heavy atom. The number of anilines is 1. The maximum atomic E-state index is 13.3. The predicted molar refractivity (Wildman–Crippen MR) is 114 cm³/mol. The highest BCUT2D eigenvalue weighted by atomic mass is 19.1. The quantitative estimate of drug-likeness (QED) is 0.483. The third kappa shape index (κ3) is 2.96. The fourth-order valence-corrected chi connectivity index (χ4v) is 4.17. The van der Waals surface area contributed by atoms with Gasteiger partial charge in [-0.3, -0.25) is 9.69 Å². The molecule has 5 nitrogen and oxygen atoms in total. The number of halogens is 1. The highest BCUT2D eigenvalue weighted by molar-refractivity contribution is 6.00. The van der Waals surface area contributed by atoms with Crippen molar-refractivity contribution in [1.82, 2.24) is 14.8 Å². The highest BCUT2D eigenvalue weighted by Gasteiger charge is 2.47. The van der Waals surface area contributed by atoms with E-state index in [4.69, 9.17) is 0 Å². The molecule has 0 unspecified atom stereocenters.